The molecule has 8 heteroatoms. The normalized spacial score (nSPS) is 14.3. The van der Waals surface area contributed by atoms with Crippen LogP contribution in [0.1, 0.15) is 25.3 Å². The maximum atomic E-state index is 11.8. The first-order valence-corrected chi connectivity index (χ1v) is 10.1. The predicted octanol–water partition coefficient (Wildman–Crippen LogP) is 3.17. The molecule has 1 aromatic carbocycles. The Bertz CT molecular complexity index is 776. The van der Waals surface area contributed by atoms with E-state index < -0.39 is 0 Å². The monoisotopic (exact) mass is 399 g/mol. The second kappa shape index (κ2) is 10.5. The van der Waals surface area contributed by atoms with Crippen molar-refractivity contribution in [1.82, 2.24) is 14.9 Å². The van der Waals surface area contributed by atoms with E-state index in [2.05, 4.69) is 32.7 Å². The molecule has 0 atom stereocenters. The molecule has 1 fully saturated rings. The van der Waals surface area contributed by atoms with Crippen molar-refractivity contribution in [3.63, 3.8) is 0 Å². The fraction of sp³-hybridized carbons (Fsp3) is 0.476. The number of anilines is 2. The lowest BCUT2D eigenvalue weighted by Crippen LogP contribution is -2.42. The van der Waals surface area contributed by atoms with Crippen LogP contribution in [-0.2, 0) is 11.2 Å². The topological polar surface area (TPSA) is 88.6 Å². The SMILES string of the molecule is CCOC(=O)N1CCC(Nc2ccnc(NCCc3ccc(OC)cc3)n2)CC1. The molecular formula is C21H29N5O3. The van der Waals surface area contributed by atoms with Gasteiger partial charge in [0.25, 0.3) is 0 Å². The van der Waals surface area contributed by atoms with Gasteiger partial charge in [0.05, 0.1) is 13.7 Å². The van der Waals surface area contributed by atoms with Crippen LogP contribution in [0, 0.1) is 0 Å². The van der Waals surface area contributed by atoms with Gasteiger partial charge in [0, 0.05) is 31.9 Å². The molecule has 0 aliphatic carbocycles. The fourth-order valence-electron chi connectivity index (χ4n) is 3.27. The van der Waals surface area contributed by atoms with Gasteiger partial charge in [0.2, 0.25) is 5.95 Å². The van der Waals surface area contributed by atoms with Gasteiger partial charge in [-0.1, -0.05) is 12.1 Å². The van der Waals surface area contributed by atoms with E-state index in [1.807, 2.05) is 25.1 Å². The molecule has 0 spiro atoms. The quantitative estimate of drug-likeness (QED) is 0.705. The third-order valence-electron chi connectivity index (χ3n) is 4.88. The maximum absolute atomic E-state index is 11.8. The molecule has 1 amide bonds. The molecule has 29 heavy (non-hydrogen) atoms. The first-order chi connectivity index (χ1) is 14.2. The third kappa shape index (κ3) is 6.23. The van der Waals surface area contributed by atoms with Crippen LogP contribution in [-0.4, -0.2) is 60.4 Å². The number of likely N-dealkylation sites (tertiary alicyclic amines) is 1. The van der Waals surface area contributed by atoms with Gasteiger partial charge >= 0.3 is 6.09 Å². The number of ether oxygens (including phenoxy) is 2. The Morgan fingerprint density at radius 1 is 1.21 bits per heavy atom. The Morgan fingerprint density at radius 2 is 1.97 bits per heavy atom. The molecule has 156 valence electrons. The fourth-order valence-corrected chi connectivity index (χ4v) is 3.27. The van der Waals surface area contributed by atoms with Crippen LogP contribution in [0.5, 0.6) is 5.75 Å². The van der Waals surface area contributed by atoms with Crippen molar-refractivity contribution in [3.8, 4) is 5.75 Å². The summed E-state index contributed by atoms with van der Waals surface area (Å²) in [5.41, 5.74) is 1.22. The largest absolute Gasteiger partial charge is 0.497 e. The Kier molecular flexibility index (Phi) is 7.49. The van der Waals surface area contributed by atoms with E-state index in [4.69, 9.17) is 9.47 Å². The minimum Gasteiger partial charge on any atom is -0.497 e. The summed E-state index contributed by atoms with van der Waals surface area (Å²) in [6.07, 6.45) is 4.12. The van der Waals surface area contributed by atoms with Crippen molar-refractivity contribution in [2.45, 2.75) is 32.2 Å². The molecule has 2 aromatic rings. The molecule has 1 aromatic heterocycles. The molecule has 0 radical (unpaired) electrons. The number of amides is 1. The zero-order valence-corrected chi connectivity index (χ0v) is 17.1. The molecular weight excluding hydrogens is 370 g/mol. The first kappa shape index (κ1) is 20.7. The van der Waals surface area contributed by atoms with Gasteiger partial charge in [-0.15, -0.1) is 0 Å². The van der Waals surface area contributed by atoms with Gasteiger partial charge in [-0.3, -0.25) is 0 Å². The molecule has 2 N–H and O–H groups in total. The standard InChI is InChI=1S/C21H29N5O3/c1-3-29-21(27)26-14-10-17(11-15-26)24-19-9-13-23-20(25-19)22-12-8-16-4-6-18(28-2)7-5-16/h4-7,9,13,17H,3,8,10-12,14-15H2,1-2H3,(H2,22,23,24,25). The number of carbonyl (C=O) groups is 1. The van der Waals surface area contributed by atoms with E-state index in [0.717, 1.165) is 37.4 Å². The molecule has 0 bridgehead atoms. The summed E-state index contributed by atoms with van der Waals surface area (Å²) < 4.78 is 10.2. The minimum atomic E-state index is -0.226. The summed E-state index contributed by atoms with van der Waals surface area (Å²) >= 11 is 0. The van der Waals surface area contributed by atoms with Gasteiger partial charge in [0.15, 0.2) is 0 Å². The van der Waals surface area contributed by atoms with Gasteiger partial charge in [-0.25, -0.2) is 9.78 Å². The van der Waals surface area contributed by atoms with E-state index in [1.54, 1.807) is 18.2 Å². The van der Waals surface area contributed by atoms with Crippen molar-refractivity contribution >= 4 is 17.9 Å². The van der Waals surface area contributed by atoms with Crippen LogP contribution >= 0.6 is 0 Å². The Morgan fingerprint density at radius 3 is 2.66 bits per heavy atom. The number of aromatic nitrogens is 2. The molecule has 1 aliphatic heterocycles. The second-order valence-electron chi connectivity index (χ2n) is 6.89. The van der Waals surface area contributed by atoms with Crippen LogP contribution in [0.25, 0.3) is 0 Å². The number of benzene rings is 1. The first-order valence-electron chi connectivity index (χ1n) is 10.1. The number of hydrogen-bond acceptors (Lipinski definition) is 7. The number of carbonyl (C=O) groups excluding carboxylic acids is 1. The molecule has 0 unspecified atom stereocenters. The number of nitrogens with zero attached hydrogens (tertiary/aromatic N) is 3. The lowest BCUT2D eigenvalue weighted by atomic mass is 10.1. The maximum Gasteiger partial charge on any atom is 0.409 e. The lowest BCUT2D eigenvalue weighted by Gasteiger charge is -2.31. The number of piperidine rings is 1. The highest BCUT2D eigenvalue weighted by Crippen LogP contribution is 2.17. The molecule has 8 nitrogen and oxygen atoms in total. The summed E-state index contributed by atoms with van der Waals surface area (Å²) in [5.74, 6) is 2.26. The Hall–Kier alpha value is -3.03. The van der Waals surface area contributed by atoms with Crippen LogP contribution in [0.3, 0.4) is 0 Å². The van der Waals surface area contributed by atoms with E-state index in [9.17, 15) is 4.79 Å². The molecule has 2 heterocycles. The summed E-state index contributed by atoms with van der Waals surface area (Å²) in [5, 5.41) is 6.72. The molecule has 1 aliphatic rings. The average molecular weight is 399 g/mol. The minimum absolute atomic E-state index is 0.226. The highest BCUT2D eigenvalue weighted by atomic mass is 16.6. The molecule has 3 rings (SSSR count). The lowest BCUT2D eigenvalue weighted by molar-refractivity contribution is 0.0983. The van der Waals surface area contributed by atoms with Crippen LogP contribution in [0.2, 0.25) is 0 Å². The molecule has 0 saturated carbocycles. The average Bonchev–Trinajstić information content (AvgIpc) is 2.75. The Balaban J connectivity index is 1.44. The summed E-state index contributed by atoms with van der Waals surface area (Å²) in [7, 11) is 1.67. The number of methoxy groups -OCH3 is 1. The highest BCUT2D eigenvalue weighted by Gasteiger charge is 2.23. The van der Waals surface area contributed by atoms with Crippen molar-refractivity contribution < 1.29 is 14.3 Å². The highest BCUT2D eigenvalue weighted by molar-refractivity contribution is 5.67. The zero-order valence-electron chi connectivity index (χ0n) is 17.1. The van der Waals surface area contributed by atoms with Crippen molar-refractivity contribution in [3.05, 3.63) is 42.1 Å². The number of nitrogens with one attached hydrogen (secondary N) is 2. The van der Waals surface area contributed by atoms with E-state index in [0.29, 0.717) is 25.6 Å². The van der Waals surface area contributed by atoms with Crippen LogP contribution in [0.4, 0.5) is 16.6 Å². The van der Waals surface area contributed by atoms with Crippen LogP contribution < -0.4 is 15.4 Å². The Labute approximate surface area is 171 Å². The third-order valence-corrected chi connectivity index (χ3v) is 4.88. The van der Waals surface area contributed by atoms with Gasteiger partial charge in [0.1, 0.15) is 11.6 Å². The van der Waals surface area contributed by atoms with Crippen molar-refractivity contribution in [2.75, 3.05) is 44.0 Å². The summed E-state index contributed by atoms with van der Waals surface area (Å²) in [4.78, 5) is 22.4. The number of rotatable bonds is 8. The number of hydrogen-bond donors (Lipinski definition) is 2. The van der Waals surface area contributed by atoms with Gasteiger partial charge in [-0.05, 0) is 49.9 Å². The van der Waals surface area contributed by atoms with Crippen molar-refractivity contribution in [1.29, 1.82) is 0 Å². The summed E-state index contributed by atoms with van der Waals surface area (Å²) in [6.45, 7) is 4.35. The van der Waals surface area contributed by atoms with E-state index >= 15 is 0 Å². The zero-order chi connectivity index (χ0) is 20.5. The van der Waals surface area contributed by atoms with Gasteiger partial charge < -0.3 is 25.0 Å². The predicted molar refractivity (Wildman–Crippen MR) is 112 cm³/mol. The smallest absolute Gasteiger partial charge is 0.409 e. The van der Waals surface area contributed by atoms with E-state index in [-0.39, 0.29) is 12.1 Å². The van der Waals surface area contributed by atoms with Gasteiger partial charge in [-0.2, -0.15) is 4.98 Å². The van der Waals surface area contributed by atoms with Crippen LogP contribution in [0.15, 0.2) is 36.5 Å². The van der Waals surface area contributed by atoms with Crippen molar-refractivity contribution in [2.24, 2.45) is 0 Å². The summed E-state index contributed by atoms with van der Waals surface area (Å²) in [6, 6.07) is 10.2. The second-order valence-corrected chi connectivity index (χ2v) is 6.89. The molecule has 1 saturated heterocycles. The van der Waals surface area contributed by atoms with E-state index in [1.165, 1.54) is 5.56 Å².